The van der Waals surface area contributed by atoms with E-state index >= 15 is 0 Å². The molecule has 0 aliphatic rings. The maximum absolute atomic E-state index is 12.6. The van der Waals surface area contributed by atoms with Gasteiger partial charge in [0.05, 0.1) is 0 Å². The van der Waals surface area contributed by atoms with E-state index in [1.807, 2.05) is 0 Å². The number of nitrogens with two attached hydrogens (primary N) is 1. The minimum Gasteiger partial charge on any atom is -0.384 e. The van der Waals surface area contributed by atoms with E-state index in [-0.39, 0.29) is 11.9 Å². The largest absolute Gasteiger partial charge is 0.384 e. The van der Waals surface area contributed by atoms with Crippen LogP contribution in [0.4, 0.5) is 22.0 Å². The molecule has 0 aliphatic heterocycles. The van der Waals surface area contributed by atoms with Crippen molar-refractivity contribution in [1.29, 1.82) is 0 Å². The average molecular weight is 410 g/mol. The second kappa shape index (κ2) is 9.07. The van der Waals surface area contributed by atoms with E-state index in [9.17, 15) is 9.59 Å². The summed E-state index contributed by atoms with van der Waals surface area (Å²) in [7, 11) is 1.69. The van der Waals surface area contributed by atoms with Crippen molar-refractivity contribution in [2.75, 3.05) is 23.0 Å². The van der Waals surface area contributed by atoms with Crippen molar-refractivity contribution in [3.05, 3.63) is 83.0 Å². The van der Waals surface area contributed by atoms with Gasteiger partial charge in [0.25, 0.3) is 5.91 Å². The molecule has 3 aromatic rings. The molecule has 1 heterocycles. The highest BCUT2D eigenvalue weighted by molar-refractivity contribution is 6.30. The Bertz CT molecular complexity index is 989. The summed E-state index contributed by atoms with van der Waals surface area (Å²) in [5.41, 5.74) is 8.22. The van der Waals surface area contributed by atoms with Gasteiger partial charge in [0, 0.05) is 41.8 Å². The first-order valence-corrected chi connectivity index (χ1v) is 9.19. The number of hydrogen-bond donors (Lipinski definition) is 3. The zero-order valence-electron chi connectivity index (χ0n) is 15.7. The van der Waals surface area contributed by atoms with E-state index in [2.05, 4.69) is 15.6 Å². The van der Waals surface area contributed by atoms with Gasteiger partial charge in [-0.3, -0.25) is 4.79 Å². The third-order valence-corrected chi connectivity index (χ3v) is 4.46. The summed E-state index contributed by atoms with van der Waals surface area (Å²) >= 11 is 5.86. The monoisotopic (exact) mass is 409 g/mol. The van der Waals surface area contributed by atoms with E-state index in [1.165, 1.54) is 4.90 Å². The lowest BCUT2D eigenvalue weighted by molar-refractivity contribution is 0.0993. The highest BCUT2D eigenvalue weighted by Gasteiger charge is 2.13. The highest BCUT2D eigenvalue weighted by Crippen LogP contribution is 2.19. The first kappa shape index (κ1) is 20.2. The lowest BCUT2D eigenvalue weighted by Gasteiger charge is -2.18. The van der Waals surface area contributed by atoms with Gasteiger partial charge in [-0.15, -0.1) is 0 Å². The number of hydrogen-bond acceptors (Lipinski definition) is 4. The van der Waals surface area contributed by atoms with Crippen LogP contribution in [0.3, 0.4) is 0 Å². The molecule has 3 amide bonds. The summed E-state index contributed by atoms with van der Waals surface area (Å²) < 4.78 is 0. The van der Waals surface area contributed by atoms with Crippen LogP contribution in [0.5, 0.6) is 0 Å². The predicted molar refractivity (Wildman–Crippen MR) is 115 cm³/mol. The van der Waals surface area contributed by atoms with Crippen molar-refractivity contribution in [3.8, 4) is 0 Å². The minimum absolute atomic E-state index is 0.155. The zero-order valence-corrected chi connectivity index (χ0v) is 16.5. The molecule has 148 valence electrons. The molecule has 1 aromatic heterocycles. The number of halogens is 1. The fourth-order valence-electron chi connectivity index (χ4n) is 2.57. The van der Waals surface area contributed by atoms with Crippen molar-refractivity contribution >= 4 is 40.7 Å². The van der Waals surface area contributed by atoms with Crippen LogP contribution < -0.4 is 21.3 Å². The Morgan fingerprint density at radius 1 is 1.03 bits per heavy atom. The van der Waals surface area contributed by atoms with Crippen LogP contribution in [0.1, 0.15) is 15.9 Å². The first-order valence-electron chi connectivity index (χ1n) is 8.81. The third kappa shape index (κ3) is 5.46. The summed E-state index contributed by atoms with van der Waals surface area (Å²) in [6, 6.07) is 16.8. The Labute approximate surface area is 173 Å². The molecule has 0 atom stereocenters. The molecule has 0 saturated heterocycles. The summed E-state index contributed by atoms with van der Waals surface area (Å²) in [5.74, 6) is 0.273. The summed E-state index contributed by atoms with van der Waals surface area (Å²) in [4.78, 5) is 30.1. The highest BCUT2D eigenvalue weighted by atomic mass is 35.5. The van der Waals surface area contributed by atoms with Crippen LogP contribution in [-0.2, 0) is 6.54 Å². The zero-order chi connectivity index (χ0) is 20.8. The molecule has 0 unspecified atom stereocenters. The van der Waals surface area contributed by atoms with Crippen molar-refractivity contribution in [2.24, 2.45) is 0 Å². The lowest BCUT2D eigenvalue weighted by Crippen LogP contribution is -2.28. The number of anilines is 3. The maximum Gasteiger partial charge on any atom is 0.319 e. The number of benzene rings is 2. The molecular weight excluding hydrogens is 390 g/mol. The third-order valence-electron chi connectivity index (χ3n) is 4.21. The van der Waals surface area contributed by atoms with Crippen LogP contribution in [0.25, 0.3) is 0 Å². The molecule has 0 saturated carbocycles. The summed E-state index contributed by atoms with van der Waals surface area (Å²) in [5, 5.41) is 6.06. The molecule has 0 bridgehead atoms. The molecule has 0 aliphatic carbocycles. The molecular formula is C21H20ClN5O2. The number of aromatic nitrogens is 1. The Balaban J connectivity index is 1.56. The molecule has 0 radical (unpaired) electrons. The predicted octanol–water partition coefficient (Wildman–Crippen LogP) is 3.92. The molecule has 29 heavy (non-hydrogen) atoms. The van der Waals surface area contributed by atoms with Crippen LogP contribution in [0, 0.1) is 0 Å². The van der Waals surface area contributed by atoms with E-state index < -0.39 is 0 Å². The lowest BCUT2D eigenvalue weighted by atomic mass is 10.2. The Hall–Kier alpha value is -3.58. The second-order valence-corrected chi connectivity index (χ2v) is 6.75. The van der Waals surface area contributed by atoms with Gasteiger partial charge in [0.15, 0.2) is 0 Å². The molecule has 3 rings (SSSR count). The number of nitrogen functional groups attached to an aromatic ring is 1. The second-order valence-electron chi connectivity index (χ2n) is 6.32. The number of carbonyl (C=O) groups excluding carboxylic acids is 2. The van der Waals surface area contributed by atoms with Crippen molar-refractivity contribution in [1.82, 2.24) is 10.3 Å². The van der Waals surface area contributed by atoms with Crippen LogP contribution in [0.2, 0.25) is 5.02 Å². The van der Waals surface area contributed by atoms with Gasteiger partial charge >= 0.3 is 6.03 Å². The van der Waals surface area contributed by atoms with Gasteiger partial charge in [0.1, 0.15) is 5.82 Å². The fourth-order valence-corrected chi connectivity index (χ4v) is 2.70. The smallest absolute Gasteiger partial charge is 0.319 e. The summed E-state index contributed by atoms with van der Waals surface area (Å²) in [6.45, 7) is 0.329. The number of pyridine rings is 1. The number of urea groups is 1. The number of nitrogens with one attached hydrogen (secondary N) is 2. The molecule has 4 N–H and O–H groups in total. The summed E-state index contributed by atoms with van der Waals surface area (Å²) in [6.07, 6.45) is 1.61. The van der Waals surface area contributed by atoms with E-state index in [0.717, 1.165) is 5.56 Å². The number of nitrogens with zero attached hydrogens (tertiary/aromatic N) is 2. The Kier molecular flexibility index (Phi) is 6.31. The number of amides is 3. The van der Waals surface area contributed by atoms with Gasteiger partial charge in [0.2, 0.25) is 0 Å². The fraction of sp³-hybridized carbons (Fsp3) is 0.0952. The quantitative estimate of drug-likeness (QED) is 0.594. The molecule has 8 heteroatoms. The van der Waals surface area contributed by atoms with E-state index in [4.69, 9.17) is 17.3 Å². The minimum atomic E-state index is -0.347. The first-order chi connectivity index (χ1) is 13.9. The number of carbonyl (C=O) groups is 2. The van der Waals surface area contributed by atoms with E-state index in [0.29, 0.717) is 34.3 Å². The average Bonchev–Trinajstić information content (AvgIpc) is 2.73. The van der Waals surface area contributed by atoms with Crippen LogP contribution >= 0.6 is 11.6 Å². The van der Waals surface area contributed by atoms with Crippen molar-refractivity contribution in [3.63, 3.8) is 0 Å². The maximum atomic E-state index is 12.6. The topological polar surface area (TPSA) is 100 Å². The molecule has 0 fully saturated rings. The standard InChI is InChI=1S/C21H20ClN5O2/c1-27(20(28)15-3-5-16(22)6-4-15)18-9-7-17(8-10-18)26-21(29)25-13-14-2-11-19(23)24-12-14/h2-12H,13H2,1H3,(H2,23,24)(H2,25,26,29). The van der Waals surface area contributed by atoms with Crippen LogP contribution in [0.15, 0.2) is 66.9 Å². The van der Waals surface area contributed by atoms with Crippen molar-refractivity contribution in [2.45, 2.75) is 6.54 Å². The van der Waals surface area contributed by atoms with Crippen molar-refractivity contribution < 1.29 is 9.59 Å². The normalized spacial score (nSPS) is 10.3. The Morgan fingerprint density at radius 3 is 2.34 bits per heavy atom. The Morgan fingerprint density at radius 2 is 1.72 bits per heavy atom. The van der Waals surface area contributed by atoms with Gasteiger partial charge in [-0.25, -0.2) is 9.78 Å². The van der Waals surface area contributed by atoms with Gasteiger partial charge in [-0.1, -0.05) is 17.7 Å². The number of rotatable bonds is 5. The SMILES string of the molecule is CN(C(=O)c1ccc(Cl)cc1)c1ccc(NC(=O)NCc2ccc(N)nc2)cc1. The van der Waals surface area contributed by atoms with Gasteiger partial charge in [-0.2, -0.15) is 0 Å². The molecule has 0 spiro atoms. The van der Waals surface area contributed by atoms with Gasteiger partial charge < -0.3 is 21.3 Å². The van der Waals surface area contributed by atoms with E-state index in [1.54, 1.807) is 73.9 Å². The molecule has 7 nitrogen and oxygen atoms in total. The van der Waals surface area contributed by atoms with Crippen LogP contribution in [-0.4, -0.2) is 24.0 Å². The molecule has 2 aromatic carbocycles. The van der Waals surface area contributed by atoms with Gasteiger partial charge in [-0.05, 0) is 60.2 Å².